The molecule has 4 nitrogen and oxygen atoms in total. The van der Waals surface area contributed by atoms with Gasteiger partial charge in [0, 0.05) is 12.7 Å². The molecule has 0 saturated carbocycles. The molecule has 1 N–H and O–H groups in total. The van der Waals surface area contributed by atoms with Gasteiger partial charge >= 0.3 is 0 Å². The molecule has 0 fully saturated rings. The maximum absolute atomic E-state index is 9.06. The second kappa shape index (κ2) is 5.47. The van der Waals surface area contributed by atoms with Gasteiger partial charge in [0.25, 0.3) is 0 Å². The Balaban J connectivity index is 2.82. The first-order valence-electron chi connectivity index (χ1n) is 4.21. The van der Waals surface area contributed by atoms with Crippen molar-refractivity contribution in [3.63, 3.8) is 0 Å². The van der Waals surface area contributed by atoms with E-state index in [0.29, 0.717) is 17.1 Å². The van der Waals surface area contributed by atoms with E-state index in [1.807, 2.05) is 0 Å². The van der Waals surface area contributed by atoms with Gasteiger partial charge in [-0.3, -0.25) is 0 Å². The van der Waals surface area contributed by atoms with E-state index in [1.54, 1.807) is 32.4 Å². The fourth-order valence-corrected chi connectivity index (χ4v) is 1.07. The summed E-state index contributed by atoms with van der Waals surface area (Å²) in [5.41, 5.74) is 0.682. The summed E-state index contributed by atoms with van der Waals surface area (Å²) in [4.78, 5) is 0. The molecule has 0 heterocycles. The maximum atomic E-state index is 9.06. The number of aliphatic hydroxyl groups is 1. The van der Waals surface area contributed by atoms with Gasteiger partial charge in [0.05, 0.1) is 13.7 Å². The Kier molecular flexibility index (Phi) is 4.22. The van der Waals surface area contributed by atoms with Crippen molar-refractivity contribution in [2.45, 2.75) is 6.61 Å². The third-order valence-electron chi connectivity index (χ3n) is 1.77. The van der Waals surface area contributed by atoms with E-state index in [0.717, 1.165) is 0 Å². The van der Waals surface area contributed by atoms with Crippen LogP contribution in [0.15, 0.2) is 18.2 Å². The predicted molar refractivity (Wildman–Crippen MR) is 51.4 cm³/mol. The van der Waals surface area contributed by atoms with Crippen LogP contribution in [0.1, 0.15) is 5.56 Å². The Bertz CT molecular complexity index is 285. The lowest BCUT2D eigenvalue weighted by atomic mass is 10.2. The van der Waals surface area contributed by atoms with Gasteiger partial charge in [0.2, 0.25) is 0 Å². The Labute approximate surface area is 83.0 Å². The Morgan fingerprint density at radius 3 is 2.64 bits per heavy atom. The Morgan fingerprint density at radius 2 is 2.07 bits per heavy atom. The Hall–Kier alpha value is -1.26. The van der Waals surface area contributed by atoms with E-state index in [1.165, 1.54) is 0 Å². The average molecular weight is 198 g/mol. The number of methoxy groups -OCH3 is 2. The van der Waals surface area contributed by atoms with E-state index in [9.17, 15) is 0 Å². The fraction of sp³-hybridized carbons (Fsp3) is 0.400. The summed E-state index contributed by atoms with van der Waals surface area (Å²) in [6, 6.07) is 5.23. The van der Waals surface area contributed by atoms with Crippen LogP contribution >= 0.6 is 0 Å². The van der Waals surface area contributed by atoms with Crippen molar-refractivity contribution in [1.82, 2.24) is 0 Å². The third-order valence-corrected chi connectivity index (χ3v) is 1.77. The zero-order chi connectivity index (χ0) is 10.4. The summed E-state index contributed by atoms with van der Waals surface area (Å²) in [7, 11) is 3.12. The zero-order valence-corrected chi connectivity index (χ0v) is 8.32. The van der Waals surface area contributed by atoms with Crippen molar-refractivity contribution < 1.29 is 19.3 Å². The van der Waals surface area contributed by atoms with Gasteiger partial charge in [-0.05, 0) is 18.2 Å². The van der Waals surface area contributed by atoms with Crippen molar-refractivity contribution in [1.29, 1.82) is 0 Å². The van der Waals surface area contributed by atoms with Gasteiger partial charge in [-0.25, -0.2) is 0 Å². The standard InChI is InChI=1S/C10H14O4/c1-12-7-14-10-4-3-9(13-2)5-8(10)6-11/h3-5,11H,6-7H2,1-2H3. The van der Waals surface area contributed by atoms with Crippen molar-refractivity contribution in [2.24, 2.45) is 0 Å². The van der Waals surface area contributed by atoms with E-state index >= 15 is 0 Å². The monoisotopic (exact) mass is 198 g/mol. The summed E-state index contributed by atoms with van der Waals surface area (Å²) in [5, 5.41) is 9.06. The number of ether oxygens (including phenoxy) is 3. The lowest BCUT2D eigenvalue weighted by Gasteiger charge is -2.10. The van der Waals surface area contributed by atoms with Crippen molar-refractivity contribution in [3.05, 3.63) is 23.8 Å². The lowest BCUT2D eigenvalue weighted by molar-refractivity contribution is 0.0494. The van der Waals surface area contributed by atoms with Crippen LogP contribution in [0.25, 0.3) is 0 Å². The molecule has 0 radical (unpaired) electrons. The topological polar surface area (TPSA) is 47.9 Å². The Morgan fingerprint density at radius 1 is 1.29 bits per heavy atom. The molecular formula is C10H14O4. The highest BCUT2D eigenvalue weighted by Gasteiger charge is 2.04. The first-order valence-corrected chi connectivity index (χ1v) is 4.21. The van der Waals surface area contributed by atoms with Crippen LogP contribution in [0.3, 0.4) is 0 Å². The quantitative estimate of drug-likeness (QED) is 0.721. The van der Waals surface area contributed by atoms with Crippen LogP contribution in [0.5, 0.6) is 11.5 Å². The summed E-state index contributed by atoms with van der Waals surface area (Å²) in [6.45, 7) is 0.0789. The molecule has 0 aliphatic heterocycles. The van der Waals surface area contributed by atoms with Gasteiger partial charge in [0.15, 0.2) is 6.79 Å². The molecule has 78 valence electrons. The van der Waals surface area contributed by atoms with Gasteiger partial charge in [-0.15, -0.1) is 0 Å². The second-order valence-electron chi connectivity index (χ2n) is 2.68. The summed E-state index contributed by atoms with van der Waals surface area (Å²) in [5.74, 6) is 1.30. The van der Waals surface area contributed by atoms with Crippen LogP contribution in [0, 0.1) is 0 Å². The van der Waals surface area contributed by atoms with Gasteiger partial charge < -0.3 is 19.3 Å². The van der Waals surface area contributed by atoms with E-state index in [-0.39, 0.29) is 13.4 Å². The highest BCUT2D eigenvalue weighted by Crippen LogP contribution is 2.23. The molecule has 0 bridgehead atoms. The van der Waals surface area contributed by atoms with Crippen LogP contribution < -0.4 is 9.47 Å². The molecule has 0 spiro atoms. The minimum atomic E-state index is -0.0871. The molecule has 0 aromatic heterocycles. The largest absolute Gasteiger partial charge is 0.497 e. The molecule has 1 rings (SSSR count). The fourth-order valence-electron chi connectivity index (χ4n) is 1.07. The molecule has 0 aliphatic rings. The van der Waals surface area contributed by atoms with Crippen molar-refractivity contribution in [3.8, 4) is 11.5 Å². The molecular weight excluding hydrogens is 184 g/mol. The molecule has 0 aliphatic carbocycles. The molecule has 0 saturated heterocycles. The van der Waals surface area contributed by atoms with Crippen molar-refractivity contribution in [2.75, 3.05) is 21.0 Å². The molecule has 0 amide bonds. The predicted octanol–water partition coefficient (Wildman–Crippen LogP) is 1.17. The number of hydrogen-bond acceptors (Lipinski definition) is 4. The third kappa shape index (κ3) is 2.61. The highest BCUT2D eigenvalue weighted by molar-refractivity contribution is 5.39. The van der Waals surface area contributed by atoms with E-state index < -0.39 is 0 Å². The molecule has 14 heavy (non-hydrogen) atoms. The molecule has 0 unspecified atom stereocenters. The zero-order valence-electron chi connectivity index (χ0n) is 8.32. The molecule has 1 aromatic carbocycles. The van der Waals surface area contributed by atoms with Crippen LogP contribution in [-0.4, -0.2) is 26.1 Å². The van der Waals surface area contributed by atoms with Crippen LogP contribution in [-0.2, 0) is 11.3 Å². The summed E-state index contributed by atoms with van der Waals surface area (Å²) in [6.07, 6.45) is 0. The van der Waals surface area contributed by atoms with Crippen molar-refractivity contribution >= 4 is 0 Å². The smallest absolute Gasteiger partial charge is 0.188 e. The number of aliphatic hydroxyl groups excluding tert-OH is 1. The minimum Gasteiger partial charge on any atom is -0.497 e. The van der Waals surface area contributed by atoms with Crippen LogP contribution in [0.2, 0.25) is 0 Å². The first-order chi connectivity index (χ1) is 6.81. The number of benzene rings is 1. The SMILES string of the molecule is COCOc1ccc(OC)cc1CO. The second-order valence-corrected chi connectivity index (χ2v) is 2.68. The van der Waals surface area contributed by atoms with Gasteiger partial charge in [-0.2, -0.15) is 0 Å². The number of hydrogen-bond donors (Lipinski definition) is 1. The highest BCUT2D eigenvalue weighted by atomic mass is 16.7. The number of rotatable bonds is 5. The minimum absolute atomic E-state index is 0.0871. The normalized spacial score (nSPS) is 9.93. The average Bonchev–Trinajstić information content (AvgIpc) is 2.26. The molecule has 1 aromatic rings. The molecule has 4 heteroatoms. The summed E-state index contributed by atoms with van der Waals surface area (Å²) < 4.78 is 15.0. The summed E-state index contributed by atoms with van der Waals surface area (Å²) >= 11 is 0. The van der Waals surface area contributed by atoms with Gasteiger partial charge in [-0.1, -0.05) is 0 Å². The molecule has 0 atom stereocenters. The van der Waals surface area contributed by atoms with Gasteiger partial charge in [0.1, 0.15) is 11.5 Å². The maximum Gasteiger partial charge on any atom is 0.188 e. The van der Waals surface area contributed by atoms with E-state index in [2.05, 4.69) is 0 Å². The first kappa shape index (κ1) is 10.8. The van der Waals surface area contributed by atoms with Crippen LogP contribution in [0.4, 0.5) is 0 Å². The van der Waals surface area contributed by atoms with E-state index in [4.69, 9.17) is 19.3 Å². The lowest BCUT2D eigenvalue weighted by Crippen LogP contribution is -2.02.